The van der Waals surface area contributed by atoms with Gasteiger partial charge < -0.3 is 0 Å². The highest BCUT2D eigenvalue weighted by Gasteiger charge is 2.00. The van der Waals surface area contributed by atoms with E-state index in [4.69, 9.17) is 0 Å². The Hall–Kier alpha value is -2.28. The topological polar surface area (TPSA) is 0 Å². The molecule has 4 aromatic rings. The summed E-state index contributed by atoms with van der Waals surface area (Å²) in [6.45, 7) is 0. The molecular weight excluding hydrogens is 227 g/mol. The van der Waals surface area contributed by atoms with Gasteiger partial charge in [-0.15, -0.1) is 0 Å². The van der Waals surface area contributed by atoms with Gasteiger partial charge in [-0.3, -0.25) is 0 Å². The van der Waals surface area contributed by atoms with E-state index < -0.39 is 0 Å². The van der Waals surface area contributed by atoms with Crippen LogP contribution in [0.5, 0.6) is 0 Å². The molecule has 0 unspecified atom stereocenters. The number of rotatable bonds is 0. The van der Waals surface area contributed by atoms with Crippen molar-refractivity contribution >= 4 is 40.7 Å². The first-order valence-electron chi connectivity index (χ1n) is 6.21. The zero-order chi connectivity index (χ0) is 11.9. The van der Waals surface area contributed by atoms with Gasteiger partial charge in [0.1, 0.15) is 0 Å². The van der Waals surface area contributed by atoms with Crippen LogP contribution in [0.15, 0.2) is 72.8 Å². The second-order valence-corrected chi connectivity index (χ2v) is 4.75. The van der Waals surface area contributed by atoms with Gasteiger partial charge in [-0.1, -0.05) is 48.5 Å². The maximum absolute atomic E-state index is 2.27. The Bertz CT molecular complexity index is 734. The molecule has 0 spiro atoms. The fourth-order valence-corrected chi connectivity index (χ4v) is 2.63. The van der Waals surface area contributed by atoms with E-state index >= 15 is 0 Å². The molecule has 0 saturated carbocycles. The van der Waals surface area contributed by atoms with Crippen LogP contribution >= 0.6 is 0 Å². The second-order valence-electron chi connectivity index (χ2n) is 4.75. The minimum Gasteiger partial charge on any atom is -0.0616 e. The summed E-state index contributed by atoms with van der Waals surface area (Å²) in [5.41, 5.74) is 0. The first kappa shape index (κ1) is 11.8. The largest absolute Gasteiger partial charge is 0.0616 e. The molecule has 4 rings (SSSR count). The highest BCUT2D eigenvalue weighted by molar-refractivity contribution is 6.04. The molecule has 0 fully saturated rings. The lowest BCUT2D eigenvalue weighted by atomic mass is 10.00. The maximum atomic E-state index is 2.27. The van der Waals surface area contributed by atoms with E-state index in [0.717, 1.165) is 0 Å². The molecule has 87 valence electrons. The Labute approximate surface area is 114 Å². The summed E-state index contributed by atoms with van der Waals surface area (Å²) in [4.78, 5) is 0. The van der Waals surface area contributed by atoms with Crippen LogP contribution in [0, 0.1) is 0 Å². The SMILES string of the molecule is [B].c1ccc2cc3cc4ccccc4cc3cc2c1. The van der Waals surface area contributed by atoms with Crippen LogP contribution in [-0.2, 0) is 0 Å². The molecule has 0 aliphatic carbocycles. The minimum absolute atomic E-state index is 0. The third-order valence-corrected chi connectivity index (χ3v) is 3.57. The van der Waals surface area contributed by atoms with E-state index in [2.05, 4.69) is 72.8 Å². The molecule has 0 atom stereocenters. The van der Waals surface area contributed by atoms with Gasteiger partial charge in [0.05, 0.1) is 0 Å². The molecular formula is C18H12B. The predicted octanol–water partition coefficient (Wildman–Crippen LogP) is 4.77. The lowest BCUT2D eigenvalue weighted by Gasteiger charge is -2.04. The smallest absolute Gasteiger partial charge is 0 e. The first-order valence-corrected chi connectivity index (χ1v) is 6.21. The van der Waals surface area contributed by atoms with Gasteiger partial charge in [-0.25, -0.2) is 0 Å². The Balaban J connectivity index is 0.00000110. The second kappa shape index (κ2) is 4.44. The van der Waals surface area contributed by atoms with Crippen molar-refractivity contribution in [1.29, 1.82) is 0 Å². The van der Waals surface area contributed by atoms with Crippen molar-refractivity contribution in [2.75, 3.05) is 0 Å². The average molecular weight is 239 g/mol. The fourth-order valence-electron chi connectivity index (χ4n) is 2.63. The zero-order valence-corrected chi connectivity index (χ0v) is 10.5. The van der Waals surface area contributed by atoms with Gasteiger partial charge >= 0.3 is 0 Å². The summed E-state index contributed by atoms with van der Waals surface area (Å²) in [6, 6.07) is 26.2. The van der Waals surface area contributed by atoms with Crippen LogP contribution in [0.2, 0.25) is 0 Å². The van der Waals surface area contributed by atoms with Gasteiger partial charge in [-0.05, 0) is 56.6 Å². The van der Waals surface area contributed by atoms with Gasteiger partial charge in [0, 0.05) is 8.41 Å². The predicted molar refractivity (Wildman–Crippen MR) is 84.7 cm³/mol. The monoisotopic (exact) mass is 239 g/mol. The third-order valence-electron chi connectivity index (χ3n) is 3.57. The van der Waals surface area contributed by atoms with E-state index in [1.807, 2.05) is 0 Å². The number of fused-ring (bicyclic) bond motifs is 3. The highest BCUT2D eigenvalue weighted by Crippen LogP contribution is 2.27. The molecule has 0 heterocycles. The molecule has 3 radical (unpaired) electrons. The Morgan fingerprint density at radius 2 is 0.632 bits per heavy atom. The summed E-state index contributed by atoms with van der Waals surface area (Å²) < 4.78 is 0. The lowest BCUT2D eigenvalue weighted by molar-refractivity contribution is 1.77. The van der Waals surface area contributed by atoms with Crippen LogP contribution in [0.4, 0.5) is 0 Å². The van der Waals surface area contributed by atoms with Gasteiger partial charge in [0.2, 0.25) is 0 Å². The molecule has 0 N–H and O–H groups in total. The van der Waals surface area contributed by atoms with Crippen molar-refractivity contribution in [2.24, 2.45) is 0 Å². The van der Waals surface area contributed by atoms with E-state index in [9.17, 15) is 0 Å². The average Bonchev–Trinajstić information content (AvgIpc) is 2.42. The maximum Gasteiger partial charge on any atom is 0 e. The van der Waals surface area contributed by atoms with Gasteiger partial charge in [-0.2, -0.15) is 0 Å². The summed E-state index contributed by atoms with van der Waals surface area (Å²) >= 11 is 0. The minimum atomic E-state index is 0. The van der Waals surface area contributed by atoms with E-state index in [1.54, 1.807) is 0 Å². The highest BCUT2D eigenvalue weighted by atomic mass is 14.0. The van der Waals surface area contributed by atoms with Crippen molar-refractivity contribution in [2.45, 2.75) is 0 Å². The first-order chi connectivity index (χ1) is 8.90. The summed E-state index contributed by atoms with van der Waals surface area (Å²) in [7, 11) is 0. The molecule has 1 heteroatoms. The van der Waals surface area contributed by atoms with Crippen molar-refractivity contribution in [3.8, 4) is 0 Å². The number of hydrogen-bond acceptors (Lipinski definition) is 0. The van der Waals surface area contributed by atoms with Crippen LogP contribution in [0.25, 0.3) is 32.3 Å². The van der Waals surface area contributed by atoms with Crippen molar-refractivity contribution in [3.05, 3.63) is 72.8 Å². The molecule has 19 heavy (non-hydrogen) atoms. The molecule has 0 amide bonds. The third kappa shape index (κ3) is 1.88. The van der Waals surface area contributed by atoms with Crippen LogP contribution in [0.3, 0.4) is 0 Å². The number of hydrogen-bond donors (Lipinski definition) is 0. The Kier molecular flexibility index (Phi) is 2.75. The van der Waals surface area contributed by atoms with Gasteiger partial charge in [0.15, 0.2) is 0 Å². The van der Waals surface area contributed by atoms with Gasteiger partial charge in [0.25, 0.3) is 0 Å². The standard InChI is InChI=1S/C18H12.B/c1-2-6-14-10-18-12-16-8-4-3-7-15(16)11-17(18)9-13(14)5-1;/h1-12H;. The van der Waals surface area contributed by atoms with Crippen LogP contribution < -0.4 is 0 Å². The normalized spacial score (nSPS) is 10.7. The lowest BCUT2D eigenvalue weighted by Crippen LogP contribution is -1.78. The van der Waals surface area contributed by atoms with Crippen molar-refractivity contribution in [1.82, 2.24) is 0 Å². The number of benzene rings is 4. The summed E-state index contributed by atoms with van der Waals surface area (Å²) in [5.74, 6) is 0. The Morgan fingerprint density at radius 3 is 0.895 bits per heavy atom. The van der Waals surface area contributed by atoms with Crippen molar-refractivity contribution < 1.29 is 0 Å². The molecule has 0 aromatic heterocycles. The molecule has 0 aliphatic heterocycles. The zero-order valence-electron chi connectivity index (χ0n) is 10.5. The molecule has 0 aliphatic rings. The van der Waals surface area contributed by atoms with E-state index in [0.29, 0.717) is 0 Å². The van der Waals surface area contributed by atoms with Crippen LogP contribution in [-0.4, -0.2) is 8.41 Å². The molecule has 0 nitrogen and oxygen atoms in total. The van der Waals surface area contributed by atoms with E-state index in [-0.39, 0.29) is 8.41 Å². The quantitative estimate of drug-likeness (QED) is 0.306. The summed E-state index contributed by atoms with van der Waals surface area (Å²) in [5, 5.41) is 7.85. The van der Waals surface area contributed by atoms with Crippen molar-refractivity contribution in [3.63, 3.8) is 0 Å². The molecule has 0 saturated heterocycles. The Morgan fingerprint density at radius 1 is 0.368 bits per heavy atom. The van der Waals surface area contributed by atoms with Crippen LogP contribution in [0.1, 0.15) is 0 Å². The van der Waals surface area contributed by atoms with E-state index in [1.165, 1.54) is 32.3 Å². The molecule has 0 bridgehead atoms. The summed E-state index contributed by atoms with van der Waals surface area (Å²) in [6.07, 6.45) is 0. The molecule has 4 aromatic carbocycles. The fraction of sp³-hybridized carbons (Fsp3) is 0.